The van der Waals surface area contributed by atoms with Crippen LogP contribution in [0.1, 0.15) is 23.2 Å². The summed E-state index contributed by atoms with van der Waals surface area (Å²) in [5, 5.41) is 1.08. The SMILES string of the molecule is COc1ccc(OC)c(C(=O)N(CC2CCCO2)c2nc3c(OC)ccc(Cl)c3s2)c1. The number of aromatic nitrogens is 1. The molecule has 0 N–H and O–H groups in total. The summed E-state index contributed by atoms with van der Waals surface area (Å²) in [4.78, 5) is 20.1. The van der Waals surface area contributed by atoms with Gasteiger partial charge in [0.2, 0.25) is 0 Å². The van der Waals surface area contributed by atoms with Crippen LogP contribution < -0.4 is 19.1 Å². The number of hydrogen-bond donors (Lipinski definition) is 0. The number of rotatable bonds is 7. The molecule has 1 fully saturated rings. The van der Waals surface area contributed by atoms with Crippen LogP contribution in [0.5, 0.6) is 17.2 Å². The summed E-state index contributed by atoms with van der Waals surface area (Å²) >= 11 is 7.75. The van der Waals surface area contributed by atoms with Crippen LogP contribution in [0.2, 0.25) is 5.02 Å². The van der Waals surface area contributed by atoms with Crippen LogP contribution in [-0.2, 0) is 4.74 Å². The van der Waals surface area contributed by atoms with Crippen molar-refractivity contribution in [3.8, 4) is 17.2 Å². The number of amides is 1. The molecular weight excluding hydrogens is 440 g/mol. The number of ether oxygens (including phenoxy) is 4. The Kier molecular flexibility index (Phi) is 6.50. The van der Waals surface area contributed by atoms with Crippen molar-refractivity contribution in [3.63, 3.8) is 0 Å². The monoisotopic (exact) mass is 462 g/mol. The van der Waals surface area contributed by atoms with Gasteiger partial charge in [-0.1, -0.05) is 22.9 Å². The Morgan fingerprint density at radius 1 is 1.19 bits per heavy atom. The first-order valence-corrected chi connectivity index (χ1v) is 11.0. The number of hydrogen-bond acceptors (Lipinski definition) is 7. The zero-order valence-corrected chi connectivity index (χ0v) is 19.1. The predicted molar refractivity (Wildman–Crippen MR) is 121 cm³/mol. The van der Waals surface area contributed by atoms with Crippen LogP contribution in [-0.4, -0.2) is 51.5 Å². The van der Waals surface area contributed by atoms with Crippen molar-refractivity contribution in [2.75, 3.05) is 39.4 Å². The van der Waals surface area contributed by atoms with Crippen LogP contribution >= 0.6 is 22.9 Å². The number of fused-ring (bicyclic) bond motifs is 1. The van der Waals surface area contributed by atoms with Gasteiger partial charge in [0.15, 0.2) is 5.13 Å². The first-order valence-electron chi connectivity index (χ1n) is 9.84. The highest BCUT2D eigenvalue weighted by Gasteiger charge is 2.29. The number of methoxy groups -OCH3 is 3. The highest BCUT2D eigenvalue weighted by atomic mass is 35.5. The standard InChI is InChI=1S/C22H23ClN2O5S/c1-27-13-6-8-17(28-2)15(11-13)21(26)25(12-14-5-4-10-30-14)22-24-19-18(29-3)9-7-16(23)20(19)31-22/h6-9,11,14H,4-5,10,12H2,1-3H3. The summed E-state index contributed by atoms with van der Waals surface area (Å²) in [6.07, 6.45) is 1.78. The molecule has 1 amide bonds. The van der Waals surface area contributed by atoms with Gasteiger partial charge in [-0.2, -0.15) is 0 Å². The molecule has 1 unspecified atom stereocenters. The molecule has 0 saturated carbocycles. The lowest BCUT2D eigenvalue weighted by atomic mass is 10.1. The van der Waals surface area contributed by atoms with Crippen molar-refractivity contribution in [2.45, 2.75) is 18.9 Å². The third kappa shape index (κ3) is 4.28. The minimum Gasteiger partial charge on any atom is -0.497 e. The Morgan fingerprint density at radius 3 is 2.65 bits per heavy atom. The van der Waals surface area contributed by atoms with Gasteiger partial charge in [0, 0.05) is 6.61 Å². The molecule has 164 valence electrons. The van der Waals surface area contributed by atoms with E-state index < -0.39 is 0 Å². The van der Waals surface area contributed by atoms with Gasteiger partial charge in [0.1, 0.15) is 22.8 Å². The minimum atomic E-state index is -0.250. The van der Waals surface area contributed by atoms with Gasteiger partial charge in [-0.3, -0.25) is 9.69 Å². The van der Waals surface area contributed by atoms with E-state index in [1.165, 1.54) is 18.4 Å². The molecule has 1 aromatic heterocycles. The van der Waals surface area contributed by atoms with Crippen LogP contribution in [0.4, 0.5) is 5.13 Å². The zero-order chi connectivity index (χ0) is 22.0. The predicted octanol–water partition coefficient (Wildman–Crippen LogP) is 4.80. The molecule has 2 aromatic carbocycles. The third-order valence-corrected chi connectivity index (χ3v) is 6.73. The molecule has 3 aromatic rings. The molecular formula is C22H23ClN2O5S. The van der Waals surface area contributed by atoms with Crippen LogP contribution in [0.3, 0.4) is 0 Å². The third-order valence-electron chi connectivity index (χ3n) is 5.19. The molecule has 31 heavy (non-hydrogen) atoms. The average Bonchev–Trinajstić information content (AvgIpc) is 3.47. The largest absolute Gasteiger partial charge is 0.497 e. The molecule has 1 aliphatic heterocycles. The number of nitrogens with zero attached hydrogens (tertiary/aromatic N) is 2. The number of carbonyl (C=O) groups is 1. The highest BCUT2D eigenvalue weighted by molar-refractivity contribution is 7.23. The van der Waals surface area contributed by atoms with E-state index in [0.717, 1.165) is 17.5 Å². The molecule has 4 rings (SSSR count). The molecule has 0 spiro atoms. The van der Waals surface area contributed by atoms with Gasteiger partial charge in [-0.15, -0.1) is 0 Å². The lowest BCUT2D eigenvalue weighted by molar-refractivity contribution is 0.0914. The number of carbonyl (C=O) groups excluding carboxylic acids is 1. The van der Waals surface area contributed by atoms with Crippen molar-refractivity contribution in [3.05, 3.63) is 40.9 Å². The molecule has 0 bridgehead atoms. The lowest BCUT2D eigenvalue weighted by Crippen LogP contribution is -2.37. The molecule has 1 atom stereocenters. The van der Waals surface area contributed by atoms with E-state index in [2.05, 4.69) is 0 Å². The Labute approximate surface area is 189 Å². The molecule has 0 radical (unpaired) electrons. The van der Waals surface area contributed by atoms with E-state index in [0.29, 0.717) is 51.6 Å². The van der Waals surface area contributed by atoms with E-state index in [4.69, 9.17) is 35.5 Å². The minimum absolute atomic E-state index is 0.0649. The van der Waals surface area contributed by atoms with Crippen LogP contribution in [0, 0.1) is 0 Å². The Bertz CT molecular complexity index is 1100. The Balaban J connectivity index is 1.81. The van der Waals surface area contributed by atoms with E-state index in [1.54, 1.807) is 49.5 Å². The summed E-state index contributed by atoms with van der Waals surface area (Å²) in [5.74, 6) is 1.38. The fraction of sp³-hybridized carbons (Fsp3) is 0.364. The van der Waals surface area contributed by atoms with Crippen LogP contribution in [0.25, 0.3) is 10.2 Å². The quantitative estimate of drug-likeness (QED) is 0.502. The number of thiazole rings is 1. The summed E-state index contributed by atoms with van der Waals surface area (Å²) in [6.45, 7) is 1.06. The normalized spacial score (nSPS) is 15.8. The van der Waals surface area contributed by atoms with Crippen molar-refractivity contribution in [1.29, 1.82) is 0 Å². The number of anilines is 1. The summed E-state index contributed by atoms with van der Waals surface area (Å²) in [7, 11) is 4.67. The van der Waals surface area contributed by atoms with E-state index in [9.17, 15) is 4.79 Å². The van der Waals surface area contributed by atoms with E-state index >= 15 is 0 Å². The highest BCUT2D eigenvalue weighted by Crippen LogP contribution is 2.40. The second-order valence-electron chi connectivity index (χ2n) is 7.04. The van der Waals surface area contributed by atoms with Crippen molar-refractivity contribution >= 4 is 44.2 Å². The van der Waals surface area contributed by atoms with Gasteiger partial charge in [-0.25, -0.2) is 4.98 Å². The molecule has 1 aliphatic rings. The first kappa shape index (κ1) is 21.7. The maximum atomic E-state index is 13.7. The summed E-state index contributed by atoms with van der Waals surface area (Å²) < 4.78 is 22.8. The van der Waals surface area contributed by atoms with E-state index in [-0.39, 0.29) is 12.0 Å². The summed E-state index contributed by atoms with van der Waals surface area (Å²) in [5.41, 5.74) is 1.01. The second-order valence-corrected chi connectivity index (χ2v) is 8.43. The fourth-order valence-corrected chi connectivity index (χ4v) is 4.85. The van der Waals surface area contributed by atoms with Crippen molar-refractivity contribution < 1.29 is 23.7 Å². The lowest BCUT2D eigenvalue weighted by Gasteiger charge is -2.24. The van der Waals surface area contributed by atoms with Crippen molar-refractivity contribution in [1.82, 2.24) is 4.98 Å². The molecule has 2 heterocycles. The number of halogens is 1. The van der Waals surface area contributed by atoms with Gasteiger partial charge in [-0.05, 0) is 43.2 Å². The van der Waals surface area contributed by atoms with Gasteiger partial charge >= 0.3 is 0 Å². The fourth-order valence-electron chi connectivity index (χ4n) is 3.59. The van der Waals surface area contributed by atoms with Gasteiger partial charge in [0.05, 0.1) is 49.3 Å². The first-order chi connectivity index (χ1) is 15.0. The smallest absolute Gasteiger partial charge is 0.264 e. The topological polar surface area (TPSA) is 70.1 Å². The Hall–Kier alpha value is -2.55. The maximum absolute atomic E-state index is 13.7. The van der Waals surface area contributed by atoms with E-state index in [1.807, 2.05) is 0 Å². The molecule has 7 nitrogen and oxygen atoms in total. The maximum Gasteiger partial charge on any atom is 0.264 e. The second kappa shape index (κ2) is 9.30. The van der Waals surface area contributed by atoms with Crippen molar-refractivity contribution in [2.24, 2.45) is 0 Å². The van der Waals surface area contributed by atoms with Crippen LogP contribution in [0.15, 0.2) is 30.3 Å². The van der Waals surface area contributed by atoms with Gasteiger partial charge in [0.25, 0.3) is 5.91 Å². The Morgan fingerprint density at radius 2 is 1.97 bits per heavy atom. The summed E-state index contributed by atoms with van der Waals surface area (Å²) in [6, 6.07) is 8.68. The number of benzene rings is 2. The molecule has 1 saturated heterocycles. The molecule has 9 heteroatoms. The molecule has 0 aliphatic carbocycles. The zero-order valence-electron chi connectivity index (χ0n) is 17.5. The average molecular weight is 463 g/mol. The van der Waals surface area contributed by atoms with Gasteiger partial charge < -0.3 is 18.9 Å².